The van der Waals surface area contributed by atoms with E-state index in [-0.39, 0.29) is 18.6 Å². The zero-order valence-corrected chi connectivity index (χ0v) is 20.8. The van der Waals surface area contributed by atoms with E-state index in [1.165, 1.54) is 0 Å². The van der Waals surface area contributed by atoms with Gasteiger partial charge in [-0.25, -0.2) is 4.98 Å². The predicted molar refractivity (Wildman–Crippen MR) is 136 cm³/mol. The molecule has 7 nitrogen and oxygen atoms in total. The van der Waals surface area contributed by atoms with Gasteiger partial charge in [0.15, 0.2) is 6.61 Å². The quantitative estimate of drug-likeness (QED) is 0.389. The summed E-state index contributed by atoms with van der Waals surface area (Å²) in [5.41, 5.74) is 2.15. The van der Waals surface area contributed by atoms with Gasteiger partial charge in [0.2, 0.25) is 0 Å². The molecule has 4 aromatic rings. The Kier molecular flexibility index (Phi) is 6.96. The average molecular weight is 498 g/mol. The number of aromatic nitrogens is 1. The van der Waals surface area contributed by atoms with Crippen molar-refractivity contribution >= 4 is 48.9 Å². The molecule has 3 heterocycles. The fourth-order valence-electron chi connectivity index (χ4n) is 4.28. The summed E-state index contributed by atoms with van der Waals surface area (Å²) in [6.07, 6.45) is 0. The van der Waals surface area contributed by atoms with Gasteiger partial charge in [0.1, 0.15) is 11.5 Å². The number of carbonyl (C=O) groups is 1. The van der Waals surface area contributed by atoms with Crippen molar-refractivity contribution < 1.29 is 19.0 Å². The predicted octanol–water partition coefficient (Wildman–Crippen LogP) is 4.40. The van der Waals surface area contributed by atoms with Gasteiger partial charge in [-0.05, 0) is 36.1 Å². The molecule has 5 rings (SSSR count). The number of nitrogens with one attached hydrogen (secondary N) is 1. The average Bonchev–Trinajstić information content (AvgIpc) is 3.50. The van der Waals surface area contributed by atoms with Crippen LogP contribution in [0.3, 0.4) is 0 Å². The lowest BCUT2D eigenvalue weighted by Gasteiger charge is -2.35. The normalized spacial score (nSPS) is 15.5. The number of methoxy groups -OCH3 is 1. The number of thiazole rings is 1. The molecule has 178 valence electrons. The minimum Gasteiger partial charge on any atom is -0.497 e. The maximum atomic E-state index is 12.8. The van der Waals surface area contributed by atoms with Crippen LogP contribution in [0.4, 0.5) is 0 Å². The van der Waals surface area contributed by atoms with E-state index in [1.54, 1.807) is 29.8 Å². The van der Waals surface area contributed by atoms with Gasteiger partial charge in [-0.1, -0.05) is 12.1 Å². The van der Waals surface area contributed by atoms with Crippen LogP contribution in [0.5, 0.6) is 11.5 Å². The van der Waals surface area contributed by atoms with Gasteiger partial charge in [-0.15, -0.1) is 22.7 Å². The zero-order valence-electron chi connectivity index (χ0n) is 19.2. The highest BCUT2D eigenvalue weighted by Gasteiger charge is 2.23. The first-order valence-electron chi connectivity index (χ1n) is 11.2. The van der Waals surface area contributed by atoms with E-state index in [2.05, 4.69) is 27.3 Å². The summed E-state index contributed by atoms with van der Waals surface area (Å²) in [7, 11) is 1.66. The number of rotatable bonds is 8. The number of hydrogen-bond acceptors (Lipinski definition) is 8. The Bertz CT molecular complexity index is 1280. The summed E-state index contributed by atoms with van der Waals surface area (Å²) < 4.78 is 19.0. The van der Waals surface area contributed by atoms with E-state index >= 15 is 0 Å². The van der Waals surface area contributed by atoms with Gasteiger partial charge in [-0.3, -0.25) is 9.69 Å². The van der Waals surface area contributed by atoms with Crippen molar-refractivity contribution in [3.05, 3.63) is 52.3 Å². The standard InChI is InChI=1S/C25H27N3O4S2/c1-16-27-24-22(34-16)13-21(19-7-12-33-25(19)24)32-15-23(29)26-14-20(28-8-10-31-11-9-28)17-3-5-18(30-2)6-4-17/h3-7,12-13,20H,8-11,14-15H2,1-2H3,(H,26,29). The van der Waals surface area contributed by atoms with Crippen LogP contribution < -0.4 is 14.8 Å². The third-order valence-corrected chi connectivity index (χ3v) is 7.85. The number of morpholine rings is 1. The smallest absolute Gasteiger partial charge is 0.258 e. The maximum Gasteiger partial charge on any atom is 0.258 e. The van der Waals surface area contributed by atoms with E-state index in [0.717, 1.165) is 55.5 Å². The molecule has 1 unspecified atom stereocenters. The first kappa shape index (κ1) is 23.0. The summed E-state index contributed by atoms with van der Waals surface area (Å²) in [6.45, 7) is 5.51. The molecule has 2 aromatic carbocycles. The number of thiophene rings is 1. The Morgan fingerprint density at radius 3 is 2.79 bits per heavy atom. The van der Waals surface area contributed by atoms with Gasteiger partial charge in [-0.2, -0.15) is 0 Å². The van der Waals surface area contributed by atoms with Gasteiger partial charge in [0, 0.05) is 31.1 Å². The van der Waals surface area contributed by atoms with Crippen molar-refractivity contribution in [2.75, 3.05) is 46.6 Å². The van der Waals surface area contributed by atoms with Gasteiger partial charge >= 0.3 is 0 Å². The van der Waals surface area contributed by atoms with Crippen LogP contribution in [-0.4, -0.2) is 62.4 Å². The number of benzene rings is 2. The lowest BCUT2D eigenvalue weighted by molar-refractivity contribution is -0.123. The first-order valence-corrected chi connectivity index (χ1v) is 12.9. The van der Waals surface area contributed by atoms with Crippen molar-refractivity contribution in [2.24, 2.45) is 0 Å². The van der Waals surface area contributed by atoms with Gasteiger partial charge < -0.3 is 19.5 Å². The molecule has 0 radical (unpaired) electrons. The molecule has 9 heteroatoms. The zero-order chi connectivity index (χ0) is 23.5. The molecule has 2 aromatic heterocycles. The Morgan fingerprint density at radius 2 is 2.03 bits per heavy atom. The maximum absolute atomic E-state index is 12.8. The molecule has 1 saturated heterocycles. The van der Waals surface area contributed by atoms with Crippen LogP contribution in [0.25, 0.3) is 20.3 Å². The van der Waals surface area contributed by atoms with Crippen molar-refractivity contribution in [1.82, 2.24) is 15.2 Å². The monoisotopic (exact) mass is 497 g/mol. The highest BCUT2D eigenvalue weighted by atomic mass is 32.1. The molecule has 0 saturated carbocycles. The molecule has 0 aliphatic carbocycles. The lowest BCUT2D eigenvalue weighted by Crippen LogP contribution is -2.44. The van der Waals surface area contributed by atoms with Crippen LogP contribution in [0, 0.1) is 6.92 Å². The summed E-state index contributed by atoms with van der Waals surface area (Å²) in [6, 6.07) is 12.1. The fraction of sp³-hybridized carbons (Fsp3) is 0.360. The third kappa shape index (κ3) is 4.88. The van der Waals surface area contributed by atoms with E-state index in [9.17, 15) is 4.79 Å². The van der Waals surface area contributed by atoms with Crippen LogP contribution >= 0.6 is 22.7 Å². The third-order valence-electron chi connectivity index (χ3n) is 6.01. The number of nitrogens with zero attached hydrogens (tertiary/aromatic N) is 2. The topological polar surface area (TPSA) is 72.9 Å². The Labute approximate surface area is 206 Å². The van der Waals surface area contributed by atoms with Crippen LogP contribution in [0.15, 0.2) is 41.8 Å². The summed E-state index contributed by atoms with van der Waals surface area (Å²) >= 11 is 3.29. The molecule has 1 amide bonds. The molecule has 1 fully saturated rings. The van der Waals surface area contributed by atoms with Crippen LogP contribution in [-0.2, 0) is 9.53 Å². The second kappa shape index (κ2) is 10.3. The largest absolute Gasteiger partial charge is 0.497 e. The van der Waals surface area contributed by atoms with Crippen molar-refractivity contribution in [3.8, 4) is 11.5 Å². The van der Waals surface area contributed by atoms with Crippen molar-refractivity contribution in [1.29, 1.82) is 0 Å². The Morgan fingerprint density at radius 1 is 1.24 bits per heavy atom. The highest BCUT2D eigenvalue weighted by Crippen LogP contribution is 2.38. The Hall–Kier alpha value is -2.72. The number of hydrogen-bond donors (Lipinski definition) is 1. The van der Waals surface area contributed by atoms with E-state index in [0.29, 0.717) is 19.8 Å². The molecular weight excluding hydrogens is 470 g/mol. The molecule has 1 aliphatic heterocycles. The fourth-order valence-corrected chi connectivity index (χ4v) is 6.12. The van der Waals surface area contributed by atoms with Gasteiger partial charge in [0.25, 0.3) is 5.91 Å². The minimum atomic E-state index is -0.143. The first-order chi connectivity index (χ1) is 16.6. The summed E-state index contributed by atoms with van der Waals surface area (Å²) in [4.78, 5) is 19.8. The number of amides is 1. The molecule has 1 atom stereocenters. The molecule has 1 N–H and O–H groups in total. The molecular formula is C25H27N3O4S2. The van der Waals surface area contributed by atoms with E-state index < -0.39 is 0 Å². The number of ether oxygens (including phenoxy) is 3. The molecule has 0 bridgehead atoms. The number of fused-ring (bicyclic) bond motifs is 3. The minimum absolute atomic E-state index is 0.0350. The second-order valence-electron chi connectivity index (χ2n) is 8.15. The Balaban J connectivity index is 1.26. The van der Waals surface area contributed by atoms with Crippen molar-refractivity contribution in [2.45, 2.75) is 13.0 Å². The number of aryl methyl sites for hydroxylation is 1. The summed E-state index contributed by atoms with van der Waals surface area (Å²) in [5.74, 6) is 1.40. The van der Waals surface area contributed by atoms with Crippen LogP contribution in [0.1, 0.15) is 16.6 Å². The highest BCUT2D eigenvalue weighted by molar-refractivity contribution is 7.21. The second-order valence-corrected chi connectivity index (χ2v) is 10.3. The summed E-state index contributed by atoms with van der Waals surface area (Å²) in [5, 5.41) is 7.13. The molecule has 0 spiro atoms. The van der Waals surface area contributed by atoms with E-state index in [4.69, 9.17) is 14.2 Å². The molecule has 1 aliphatic rings. The lowest BCUT2D eigenvalue weighted by atomic mass is 10.0. The van der Waals surface area contributed by atoms with Crippen LogP contribution in [0.2, 0.25) is 0 Å². The SMILES string of the molecule is COc1ccc(C(CNC(=O)COc2cc3sc(C)nc3c3sccc23)N2CCOCC2)cc1. The number of carbonyl (C=O) groups excluding carboxylic acids is 1. The molecule has 34 heavy (non-hydrogen) atoms. The van der Waals surface area contributed by atoms with Crippen molar-refractivity contribution in [3.63, 3.8) is 0 Å². The van der Waals surface area contributed by atoms with Gasteiger partial charge in [0.05, 0.1) is 46.3 Å². The van der Waals surface area contributed by atoms with E-state index in [1.807, 2.05) is 36.6 Å².